The van der Waals surface area contributed by atoms with E-state index < -0.39 is 0 Å². The van der Waals surface area contributed by atoms with E-state index in [1.54, 1.807) is 18.4 Å². The van der Waals surface area contributed by atoms with Crippen molar-refractivity contribution in [1.29, 1.82) is 0 Å². The summed E-state index contributed by atoms with van der Waals surface area (Å²) in [6.45, 7) is 5.19. The first kappa shape index (κ1) is 24.9. The van der Waals surface area contributed by atoms with Gasteiger partial charge < -0.3 is 20.3 Å². The summed E-state index contributed by atoms with van der Waals surface area (Å²) in [6, 6.07) is 9.65. The van der Waals surface area contributed by atoms with Crippen molar-refractivity contribution in [2.45, 2.75) is 26.8 Å². The molecule has 3 aromatic heterocycles. The molecule has 0 fully saturated rings. The summed E-state index contributed by atoms with van der Waals surface area (Å²) in [5.41, 5.74) is 8.65. The van der Waals surface area contributed by atoms with Gasteiger partial charge in [0.15, 0.2) is 5.76 Å². The topological polar surface area (TPSA) is 99.1 Å². The van der Waals surface area contributed by atoms with Gasteiger partial charge in [-0.3, -0.25) is 0 Å². The van der Waals surface area contributed by atoms with Gasteiger partial charge in [-0.2, -0.15) is 0 Å². The lowest BCUT2D eigenvalue weighted by Crippen LogP contribution is -2.09. The van der Waals surface area contributed by atoms with Gasteiger partial charge in [0.05, 0.1) is 19.0 Å². The van der Waals surface area contributed by atoms with Crippen molar-refractivity contribution in [1.82, 2.24) is 15.1 Å². The van der Waals surface area contributed by atoms with Crippen LogP contribution in [0.2, 0.25) is 0 Å². The van der Waals surface area contributed by atoms with Crippen LogP contribution in [-0.4, -0.2) is 28.8 Å². The monoisotopic (exact) mass is 481 g/mol. The molecule has 4 rings (SSSR count). The number of halogens is 2. The number of ether oxygens (including phenoxy) is 1. The molecule has 166 valence electrons. The first-order valence-electron chi connectivity index (χ1n) is 9.39. The van der Waals surface area contributed by atoms with Gasteiger partial charge in [-0.25, -0.2) is 9.97 Å². The zero-order valence-electron chi connectivity index (χ0n) is 17.5. The smallest absolute Gasteiger partial charge is 0.156 e. The van der Waals surface area contributed by atoms with E-state index in [0.717, 1.165) is 44.6 Å². The third-order valence-corrected chi connectivity index (χ3v) is 5.92. The lowest BCUT2D eigenvalue weighted by atomic mass is 10.1. The van der Waals surface area contributed by atoms with Crippen LogP contribution in [-0.2, 0) is 13.0 Å². The fraction of sp³-hybridized carbons (Fsp3) is 0.286. The number of aryl methyl sites for hydroxylation is 2. The minimum absolute atomic E-state index is 0. The predicted octanol–water partition coefficient (Wildman–Crippen LogP) is 4.93. The molecule has 31 heavy (non-hydrogen) atoms. The molecule has 3 N–H and O–H groups in total. The molecule has 7 nitrogen and oxygen atoms in total. The predicted molar refractivity (Wildman–Crippen MR) is 130 cm³/mol. The van der Waals surface area contributed by atoms with E-state index in [2.05, 4.69) is 29.3 Å². The van der Waals surface area contributed by atoms with Crippen molar-refractivity contribution in [2.24, 2.45) is 5.73 Å². The number of thiophene rings is 1. The SMILES string of the molecule is COc1ccc(-c2cc(CNc3nc(CCN)nc4sc(C)c(C)c34)on2)cc1.Cl.Cl. The lowest BCUT2D eigenvalue weighted by molar-refractivity contribution is 0.390. The number of nitrogens with zero attached hydrogens (tertiary/aromatic N) is 3. The second-order valence-corrected chi connectivity index (χ2v) is 7.95. The Morgan fingerprint density at radius 3 is 2.55 bits per heavy atom. The molecule has 0 radical (unpaired) electrons. The highest BCUT2D eigenvalue weighted by Crippen LogP contribution is 2.33. The molecule has 0 spiro atoms. The minimum Gasteiger partial charge on any atom is -0.497 e. The number of anilines is 1. The van der Waals surface area contributed by atoms with E-state index in [4.69, 9.17) is 20.0 Å². The largest absolute Gasteiger partial charge is 0.497 e. The number of hydrogen-bond donors (Lipinski definition) is 2. The summed E-state index contributed by atoms with van der Waals surface area (Å²) in [5, 5.41) is 8.64. The van der Waals surface area contributed by atoms with Crippen LogP contribution in [0, 0.1) is 13.8 Å². The summed E-state index contributed by atoms with van der Waals surface area (Å²) in [6.07, 6.45) is 0.643. The average molecular weight is 482 g/mol. The molecule has 10 heteroatoms. The number of fused-ring (bicyclic) bond motifs is 1. The number of aromatic nitrogens is 3. The first-order valence-corrected chi connectivity index (χ1v) is 10.2. The standard InChI is InChI=1S/C21H23N5O2S.2ClH/c1-12-13(2)29-21-19(12)20(24-18(25-21)8-9-22)23-11-16-10-17(26-28-16)14-4-6-15(27-3)7-5-14;;/h4-7,10H,8-9,11,22H2,1-3H3,(H,23,24,25);2*1H. The Balaban J connectivity index is 0.00000171. The third kappa shape index (κ3) is 5.27. The van der Waals surface area contributed by atoms with E-state index in [1.165, 1.54) is 10.4 Å². The molecule has 0 aliphatic carbocycles. The zero-order valence-corrected chi connectivity index (χ0v) is 19.9. The normalized spacial score (nSPS) is 10.5. The van der Waals surface area contributed by atoms with Gasteiger partial charge >= 0.3 is 0 Å². The van der Waals surface area contributed by atoms with Crippen LogP contribution >= 0.6 is 36.2 Å². The molecule has 0 aliphatic rings. The summed E-state index contributed by atoms with van der Waals surface area (Å²) in [4.78, 5) is 11.6. The van der Waals surface area contributed by atoms with E-state index in [9.17, 15) is 0 Å². The zero-order chi connectivity index (χ0) is 20.4. The number of hydrogen-bond acceptors (Lipinski definition) is 8. The fourth-order valence-electron chi connectivity index (χ4n) is 3.13. The maximum atomic E-state index is 5.70. The van der Waals surface area contributed by atoms with Gasteiger partial charge in [-0.15, -0.1) is 36.2 Å². The Morgan fingerprint density at radius 1 is 1.13 bits per heavy atom. The van der Waals surface area contributed by atoms with E-state index in [1.807, 2.05) is 30.3 Å². The molecular formula is C21H25Cl2N5O2S. The molecule has 0 aliphatic heterocycles. The molecule has 4 aromatic rings. The number of nitrogens with two attached hydrogens (primary N) is 1. The summed E-state index contributed by atoms with van der Waals surface area (Å²) in [7, 11) is 1.65. The van der Waals surface area contributed by atoms with E-state index >= 15 is 0 Å². The molecule has 0 amide bonds. The number of rotatable bonds is 7. The first-order chi connectivity index (χ1) is 14.1. The Morgan fingerprint density at radius 2 is 1.87 bits per heavy atom. The highest BCUT2D eigenvalue weighted by molar-refractivity contribution is 7.18. The van der Waals surface area contributed by atoms with E-state index in [0.29, 0.717) is 19.5 Å². The van der Waals surface area contributed by atoms with Crippen LogP contribution in [0.3, 0.4) is 0 Å². The minimum atomic E-state index is 0. The number of benzene rings is 1. The van der Waals surface area contributed by atoms with Gasteiger partial charge in [-0.05, 0) is 50.2 Å². The van der Waals surface area contributed by atoms with Crippen molar-refractivity contribution < 1.29 is 9.26 Å². The Bertz CT molecular complexity index is 1140. The molecule has 0 atom stereocenters. The number of nitrogens with one attached hydrogen (secondary N) is 1. The molecule has 1 aromatic carbocycles. The Labute approximate surface area is 197 Å². The van der Waals surface area contributed by atoms with E-state index in [-0.39, 0.29) is 24.8 Å². The van der Waals surface area contributed by atoms with Crippen molar-refractivity contribution in [3.05, 3.63) is 52.4 Å². The molecule has 0 saturated carbocycles. The average Bonchev–Trinajstić information content (AvgIpc) is 3.31. The van der Waals surface area contributed by atoms with Crippen LogP contribution in [0.1, 0.15) is 22.0 Å². The van der Waals surface area contributed by atoms with Gasteiger partial charge in [0, 0.05) is 22.9 Å². The maximum Gasteiger partial charge on any atom is 0.156 e. The highest BCUT2D eigenvalue weighted by atomic mass is 35.5. The molecule has 0 saturated heterocycles. The third-order valence-electron chi connectivity index (χ3n) is 4.82. The quantitative estimate of drug-likeness (QED) is 0.385. The Hall–Kier alpha value is -2.39. The molecular weight excluding hydrogens is 457 g/mol. The number of methoxy groups -OCH3 is 1. The fourth-order valence-corrected chi connectivity index (χ4v) is 4.18. The van der Waals surface area contributed by atoms with Crippen LogP contribution in [0.4, 0.5) is 5.82 Å². The summed E-state index contributed by atoms with van der Waals surface area (Å²) in [5.74, 6) is 3.09. The maximum absolute atomic E-state index is 5.70. The highest BCUT2D eigenvalue weighted by Gasteiger charge is 2.15. The van der Waals surface area contributed by atoms with Gasteiger partial charge in [0.25, 0.3) is 0 Å². The van der Waals surface area contributed by atoms with Crippen LogP contribution in [0.25, 0.3) is 21.5 Å². The second-order valence-electron chi connectivity index (χ2n) is 6.75. The van der Waals surface area contributed by atoms with Gasteiger partial charge in [0.1, 0.15) is 27.9 Å². The van der Waals surface area contributed by atoms with Gasteiger partial charge in [-0.1, -0.05) is 5.16 Å². The van der Waals surface area contributed by atoms with Gasteiger partial charge in [0.2, 0.25) is 0 Å². The van der Waals surface area contributed by atoms with Crippen molar-refractivity contribution >= 4 is 52.2 Å². The van der Waals surface area contributed by atoms with Crippen LogP contribution < -0.4 is 15.8 Å². The molecule has 0 bridgehead atoms. The summed E-state index contributed by atoms with van der Waals surface area (Å²) < 4.78 is 10.7. The molecule has 3 heterocycles. The van der Waals surface area contributed by atoms with Crippen molar-refractivity contribution in [3.8, 4) is 17.0 Å². The molecule has 0 unspecified atom stereocenters. The van der Waals surface area contributed by atoms with Crippen LogP contribution in [0.5, 0.6) is 5.75 Å². The van der Waals surface area contributed by atoms with Crippen molar-refractivity contribution in [3.63, 3.8) is 0 Å². The lowest BCUT2D eigenvalue weighted by Gasteiger charge is -2.08. The second kappa shape index (κ2) is 10.8. The van der Waals surface area contributed by atoms with Crippen LogP contribution in [0.15, 0.2) is 34.9 Å². The summed E-state index contributed by atoms with van der Waals surface area (Å²) >= 11 is 1.68. The Kier molecular flexibility index (Phi) is 8.64. The van der Waals surface area contributed by atoms with Crippen molar-refractivity contribution in [2.75, 3.05) is 19.0 Å².